The standard InChI is InChI=1S/C22H31N5OS/c1-14-15(12-27(6)25-14)11-26(5)13-20(28)24-21-18(10-23)17-8-7-16(22(2,3)4)9-19(17)29-21/h12,16H,7-9,11,13H2,1-6H3,(H,24,28). The largest absolute Gasteiger partial charge is 0.315 e. The van der Waals surface area contributed by atoms with Crippen LogP contribution in [0.1, 0.15) is 54.5 Å². The van der Waals surface area contributed by atoms with Gasteiger partial charge in [0.05, 0.1) is 17.8 Å². The third kappa shape index (κ3) is 4.88. The highest BCUT2D eigenvalue weighted by Crippen LogP contribution is 2.43. The molecule has 6 nitrogen and oxygen atoms in total. The van der Waals surface area contributed by atoms with E-state index in [9.17, 15) is 10.1 Å². The zero-order valence-corrected chi connectivity index (χ0v) is 19.1. The normalized spacial score (nSPS) is 16.6. The molecule has 3 rings (SSSR count). The maximum atomic E-state index is 12.6. The van der Waals surface area contributed by atoms with Crippen LogP contribution in [0.15, 0.2) is 6.20 Å². The predicted molar refractivity (Wildman–Crippen MR) is 117 cm³/mol. The van der Waals surface area contributed by atoms with E-state index < -0.39 is 0 Å². The van der Waals surface area contributed by atoms with E-state index >= 15 is 0 Å². The van der Waals surface area contributed by atoms with Crippen molar-refractivity contribution in [3.63, 3.8) is 0 Å². The van der Waals surface area contributed by atoms with Crippen LogP contribution < -0.4 is 5.32 Å². The number of thiophene rings is 1. The van der Waals surface area contributed by atoms with Crippen molar-refractivity contribution >= 4 is 22.2 Å². The van der Waals surface area contributed by atoms with Crippen molar-refractivity contribution < 1.29 is 4.79 Å². The van der Waals surface area contributed by atoms with Crippen molar-refractivity contribution in [2.24, 2.45) is 18.4 Å². The zero-order chi connectivity index (χ0) is 21.3. The Morgan fingerprint density at radius 1 is 1.48 bits per heavy atom. The van der Waals surface area contributed by atoms with Crippen LogP contribution >= 0.6 is 11.3 Å². The van der Waals surface area contributed by atoms with Gasteiger partial charge in [-0.25, -0.2) is 0 Å². The molecule has 0 bridgehead atoms. The smallest absolute Gasteiger partial charge is 0.239 e. The van der Waals surface area contributed by atoms with Gasteiger partial charge in [-0.2, -0.15) is 10.4 Å². The molecule has 0 aromatic carbocycles. The Kier molecular flexibility index (Phi) is 6.16. The number of carbonyl (C=O) groups is 1. The topological polar surface area (TPSA) is 74.0 Å². The van der Waals surface area contributed by atoms with Gasteiger partial charge in [-0.15, -0.1) is 11.3 Å². The molecular weight excluding hydrogens is 382 g/mol. The Morgan fingerprint density at radius 3 is 2.79 bits per heavy atom. The van der Waals surface area contributed by atoms with Gasteiger partial charge in [-0.1, -0.05) is 20.8 Å². The maximum absolute atomic E-state index is 12.6. The summed E-state index contributed by atoms with van der Waals surface area (Å²) in [5.41, 5.74) is 4.15. The monoisotopic (exact) mass is 413 g/mol. The lowest BCUT2D eigenvalue weighted by atomic mass is 9.72. The number of likely N-dealkylation sites (N-methyl/N-ethyl adjacent to an activating group) is 1. The Bertz CT molecular complexity index is 944. The van der Waals surface area contributed by atoms with Crippen LogP contribution in [0, 0.1) is 29.6 Å². The summed E-state index contributed by atoms with van der Waals surface area (Å²) < 4.78 is 1.79. The second-order valence-corrected chi connectivity index (χ2v) is 10.4. The number of rotatable bonds is 5. The number of fused-ring (bicyclic) bond motifs is 1. The second kappa shape index (κ2) is 8.29. The lowest BCUT2D eigenvalue weighted by Crippen LogP contribution is -2.29. The highest BCUT2D eigenvalue weighted by Gasteiger charge is 2.32. The highest BCUT2D eigenvalue weighted by molar-refractivity contribution is 7.16. The number of hydrogen-bond acceptors (Lipinski definition) is 5. The van der Waals surface area contributed by atoms with Crippen LogP contribution in [-0.4, -0.2) is 34.2 Å². The molecule has 0 fully saturated rings. The van der Waals surface area contributed by atoms with Crippen molar-refractivity contribution in [3.05, 3.63) is 33.5 Å². The third-order valence-electron chi connectivity index (χ3n) is 5.82. The van der Waals surface area contributed by atoms with Crippen LogP contribution in [0.3, 0.4) is 0 Å². The fourth-order valence-electron chi connectivity index (χ4n) is 4.09. The minimum atomic E-state index is -0.0866. The molecule has 156 valence electrons. The van der Waals surface area contributed by atoms with E-state index in [1.54, 1.807) is 16.0 Å². The van der Waals surface area contributed by atoms with Gasteiger partial charge in [-0.3, -0.25) is 14.4 Å². The maximum Gasteiger partial charge on any atom is 0.239 e. The summed E-state index contributed by atoms with van der Waals surface area (Å²) in [7, 11) is 3.82. The molecule has 0 spiro atoms. The van der Waals surface area contributed by atoms with E-state index in [1.165, 1.54) is 4.88 Å². The Balaban J connectivity index is 1.67. The van der Waals surface area contributed by atoms with Gasteiger partial charge in [0.2, 0.25) is 5.91 Å². The van der Waals surface area contributed by atoms with E-state index in [0.29, 0.717) is 23.0 Å². The molecule has 0 radical (unpaired) electrons. The van der Waals surface area contributed by atoms with E-state index in [4.69, 9.17) is 0 Å². The molecule has 2 aromatic rings. The van der Waals surface area contributed by atoms with E-state index in [-0.39, 0.29) is 17.9 Å². The van der Waals surface area contributed by atoms with Gasteiger partial charge in [0.1, 0.15) is 11.1 Å². The lowest BCUT2D eigenvalue weighted by Gasteiger charge is -2.33. The molecule has 0 aliphatic heterocycles. The lowest BCUT2D eigenvalue weighted by molar-refractivity contribution is -0.117. The van der Waals surface area contributed by atoms with Crippen molar-refractivity contribution in [1.29, 1.82) is 5.26 Å². The summed E-state index contributed by atoms with van der Waals surface area (Å²) in [6.45, 7) is 9.75. The summed E-state index contributed by atoms with van der Waals surface area (Å²) in [6.07, 6.45) is 5.00. The second-order valence-electron chi connectivity index (χ2n) is 9.26. The molecule has 1 N–H and O–H groups in total. The van der Waals surface area contributed by atoms with Crippen LogP contribution in [0.2, 0.25) is 0 Å². The Hall–Kier alpha value is -2.17. The van der Waals surface area contributed by atoms with E-state index in [2.05, 4.69) is 37.3 Å². The molecule has 0 saturated carbocycles. The third-order valence-corrected chi connectivity index (χ3v) is 6.99. The number of amides is 1. The Morgan fingerprint density at radius 2 is 2.21 bits per heavy atom. The van der Waals surface area contributed by atoms with Crippen LogP contribution in [0.4, 0.5) is 5.00 Å². The van der Waals surface area contributed by atoms with Gasteiger partial charge >= 0.3 is 0 Å². The van der Waals surface area contributed by atoms with Gasteiger partial charge in [0.15, 0.2) is 0 Å². The van der Waals surface area contributed by atoms with Gasteiger partial charge in [0.25, 0.3) is 0 Å². The minimum Gasteiger partial charge on any atom is -0.315 e. The van der Waals surface area contributed by atoms with Crippen molar-refractivity contribution in [2.75, 3.05) is 18.9 Å². The number of nitrogens with zero attached hydrogens (tertiary/aromatic N) is 4. The number of nitriles is 1. The molecule has 29 heavy (non-hydrogen) atoms. The van der Waals surface area contributed by atoms with Crippen LogP contribution in [0.25, 0.3) is 0 Å². The molecule has 1 unspecified atom stereocenters. The summed E-state index contributed by atoms with van der Waals surface area (Å²) in [4.78, 5) is 15.9. The molecule has 1 aliphatic rings. The number of aryl methyl sites for hydroxylation is 2. The summed E-state index contributed by atoms with van der Waals surface area (Å²) in [6, 6.07) is 2.34. The van der Waals surface area contributed by atoms with Crippen LogP contribution in [-0.2, 0) is 31.2 Å². The van der Waals surface area contributed by atoms with E-state index in [1.807, 2.05) is 32.1 Å². The first-order valence-electron chi connectivity index (χ1n) is 10.1. The predicted octanol–water partition coefficient (Wildman–Crippen LogP) is 3.88. The Labute approximate surface area is 177 Å². The summed E-state index contributed by atoms with van der Waals surface area (Å²) >= 11 is 1.59. The van der Waals surface area contributed by atoms with Crippen molar-refractivity contribution in [2.45, 2.75) is 53.5 Å². The quantitative estimate of drug-likeness (QED) is 0.807. The first-order valence-corrected chi connectivity index (χ1v) is 10.9. The average Bonchev–Trinajstić information content (AvgIpc) is 3.11. The minimum absolute atomic E-state index is 0.0866. The van der Waals surface area contributed by atoms with Gasteiger partial charge in [-0.05, 0) is 50.1 Å². The molecule has 2 heterocycles. The molecule has 0 saturated heterocycles. The van der Waals surface area contributed by atoms with Gasteiger partial charge in [0, 0.05) is 30.2 Å². The fraction of sp³-hybridized carbons (Fsp3) is 0.591. The number of hydrogen-bond donors (Lipinski definition) is 1. The van der Waals surface area contributed by atoms with Gasteiger partial charge < -0.3 is 5.32 Å². The first kappa shape index (κ1) is 21.5. The van der Waals surface area contributed by atoms with Crippen molar-refractivity contribution in [3.8, 4) is 6.07 Å². The summed E-state index contributed by atoms with van der Waals surface area (Å²) in [5, 5.41) is 17.8. The summed E-state index contributed by atoms with van der Waals surface area (Å²) in [5.74, 6) is 0.522. The number of aromatic nitrogens is 2. The molecule has 1 aliphatic carbocycles. The molecule has 1 amide bonds. The molecular formula is C22H31N5OS. The van der Waals surface area contributed by atoms with E-state index in [0.717, 1.165) is 36.1 Å². The molecule has 2 aromatic heterocycles. The number of carbonyl (C=O) groups excluding carboxylic acids is 1. The average molecular weight is 414 g/mol. The number of nitrogens with one attached hydrogen (secondary N) is 1. The molecule has 1 atom stereocenters. The first-order chi connectivity index (χ1) is 13.6. The highest BCUT2D eigenvalue weighted by atomic mass is 32.1. The molecule has 7 heteroatoms. The van der Waals surface area contributed by atoms with Crippen LogP contribution in [0.5, 0.6) is 0 Å². The number of anilines is 1. The SMILES string of the molecule is Cc1nn(C)cc1CN(C)CC(=O)Nc1sc2c(c1C#N)CCC(C(C)(C)C)C2. The zero-order valence-electron chi connectivity index (χ0n) is 18.3. The van der Waals surface area contributed by atoms with Crippen molar-refractivity contribution in [1.82, 2.24) is 14.7 Å². The fourth-order valence-corrected chi connectivity index (χ4v) is 5.39.